The molecule has 1 aliphatic heterocycles. The van der Waals surface area contributed by atoms with Gasteiger partial charge >= 0.3 is 0 Å². The summed E-state index contributed by atoms with van der Waals surface area (Å²) in [6, 6.07) is 10.3. The Morgan fingerprint density at radius 1 is 1.09 bits per heavy atom. The standard InChI is InChI=1S/C19H28N2O2/c1-19(2,15-7-4-3-5-8-15)18(23)21-13-11-20(12-14-21)16-9-6-10-17(16)22/h3-5,7-8,16-17,22H,6,9-14H2,1-2H3/t16-,17+/m0/s1. The Kier molecular flexibility index (Phi) is 4.74. The molecular weight excluding hydrogens is 288 g/mol. The SMILES string of the molecule is CC(C)(C(=O)N1CCN([C@H]2CCC[C@H]2O)CC1)c1ccccc1. The maximum Gasteiger partial charge on any atom is 0.232 e. The fourth-order valence-electron chi connectivity index (χ4n) is 3.98. The van der Waals surface area contributed by atoms with Crippen LogP contribution in [0.15, 0.2) is 30.3 Å². The lowest BCUT2D eigenvalue weighted by molar-refractivity contribution is -0.138. The molecular formula is C19H28N2O2. The first-order chi connectivity index (χ1) is 11.0. The third-order valence-corrected chi connectivity index (χ3v) is 5.54. The smallest absolute Gasteiger partial charge is 0.232 e. The Bertz CT molecular complexity index is 536. The largest absolute Gasteiger partial charge is 0.391 e. The molecule has 2 aliphatic rings. The summed E-state index contributed by atoms with van der Waals surface area (Å²) < 4.78 is 0. The third-order valence-electron chi connectivity index (χ3n) is 5.54. The van der Waals surface area contributed by atoms with E-state index in [9.17, 15) is 9.90 Å². The van der Waals surface area contributed by atoms with Gasteiger partial charge in [-0.1, -0.05) is 30.3 Å². The summed E-state index contributed by atoms with van der Waals surface area (Å²) >= 11 is 0. The van der Waals surface area contributed by atoms with Gasteiger partial charge in [-0.3, -0.25) is 9.69 Å². The van der Waals surface area contributed by atoms with Crippen molar-refractivity contribution in [2.24, 2.45) is 0 Å². The lowest BCUT2D eigenvalue weighted by Crippen LogP contribution is -2.56. The second-order valence-corrected chi connectivity index (χ2v) is 7.38. The molecule has 1 saturated carbocycles. The van der Waals surface area contributed by atoms with Crippen molar-refractivity contribution in [1.29, 1.82) is 0 Å². The monoisotopic (exact) mass is 316 g/mol. The molecule has 1 aromatic carbocycles. The van der Waals surface area contributed by atoms with E-state index < -0.39 is 5.41 Å². The molecule has 2 fully saturated rings. The zero-order chi connectivity index (χ0) is 16.4. The van der Waals surface area contributed by atoms with Crippen LogP contribution in [-0.2, 0) is 10.2 Å². The highest BCUT2D eigenvalue weighted by Gasteiger charge is 2.37. The Balaban J connectivity index is 1.62. The lowest BCUT2D eigenvalue weighted by atomic mass is 9.83. The van der Waals surface area contributed by atoms with Gasteiger partial charge in [0.1, 0.15) is 0 Å². The predicted molar refractivity (Wildman–Crippen MR) is 91.3 cm³/mol. The Labute approximate surface area is 139 Å². The van der Waals surface area contributed by atoms with Crippen molar-refractivity contribution in [3.05, 3.63) is 35.9 Å². The fourth-order valence-corrected chi connectivity index (χ4v) is 3.98. The number of amides is 1. The maximum absolute atomic E-state index is 13.0. The molecule has 0 unspecified atom stereocenters. The van der Waals surface area contributed by atoms with E-state index in [0.29, 0.717) is 6.04 Å². The van der Waals surface area contributed by atoms with Crippen LogP contribution < -0.4 is 0 Å². The van der Waals surface area contributed by atoms with Gasteiger partial charge < -0.3 is 10.0 Å². The first-order valence-electron chi connectivity index (χ1n) is 8.77. The molecule has 1 saturated heterocycles. The van der Waals surface area contributed by atoms with E-state index in [-0.39, 0.29) is 12.0 Å². The fraction of sp³-hybridized carbons (Fsp3) is 0.632. The Morgan fingerprint density at radius 2 is 1.74 bits per heavy atom. The van der Waals surface area contributed by atoms with Gasteiger partial charge in [0, 0.05) is 32.2 Å². The van der Waals surface area contributed by atoms with Crippen molar-refractivity contribution in [3.8, 4) is 0 Å². The number of carbonyl (C=O) groups excluding carboxylic acids is 1. The van der Waals surface area contributed by atoms with Crippen LogP contribution in [0.2, 0.25) is 0 Å². The van der Waals surface area contributed by atoms with Crippen molar-refractivity contribution in [1.82, 2.24) is 9.80 Å². The van der Waals surface area contributed by atoms with Gasteiger partial charge in [0.2, 0.25) is 5.91 Å². The summed E-state index contributed by atoms with van der Waals surface area (Å²) in [5.41, 5.74) is 0.578. The number of benzene rings is 1. The quantitative estimate of drug-likeness (QED) is 0.928. The average molecular weight is 316 g/mol. The van der Waals surface area contributed by atoms with Gasteiger partial charge in [0.15, 0.2) is 0 Å². The van der Waals surface area contributed by atoms with E-state index >= 15 is 0 Å². The van der Waals surface area contributed by atoms with E-state index in [1.165, 1.54) is 0 Å². The Hall–Kier alpha value is -1.39. The highest BCUT2D eigenvalue weighted by molar-refractivity contribution is 5.87. The molecule has 4 nitrogen and oxygen atoms in total. The molecule has 1 aromatic rings. The number of carbonyl (C=O) groups is 1. The van der Waals surface area contributed by atoms with Gasteiger partial charge in [-0.15, -0.1) is 0 Å². The molecule has 0 spiro atoms. The average Bonchev–Trinajstić information content (AvgIpc) is 3.01. The number of aliphatic hydroxyl groups excluding tert-OH is 1. The van der Waals surface area contributed by atoms with Crippen molar-refractivity contribution in [3.63, 3.8) is 0 Å². The maximum atomic E-state index is 13.0. The van der Waals surface area contributed by atoms with E-state index in [2.05, 4.69) is 4.90 Å². The first-order valence-corrected chi connectivity index (χ1v) is 8.77. The van der Waals surface area contributed by atoms with Crippen LogP contribution in [0.3, 0.4) is 0 Å². The number of rotatable bonds is 3. The van der Waals surface area contributed by atoms with Crippen LogP contribution in [-0.4, -0.2) is 59.1 Å². The van der Waals surface area contributed by atoms with Gasteiger partial charge in [0.25, 0.3) is 0 Å². The minimum absolute atomic E-state index is 0.182. The molecule has 2 atom stereocenters. The number of hydrogen-bond donors (Lipinski definition) is 1. The highest BCUT2D eigenvalue weighted by atomic mass is 16.3. The van der Waals surface area contributed by atoms with Crippen molar-refractivity contribution in [2.45, 2.75) is 50.7 Å². The van der Waals surface area contributed by atoms with Crippen molar-refractivity contribution in [2.75, 3.05) is 26.2 Å². The molecule has 1 aliphatic carbocycles. The topological polar surface area (TPSA) is 43.8 Å². The molecule has 3 rings (SSSR count). The Morgan fingerprint density at radius 3 is 2.30 bits per heavy atom. The van der Waals surface area contributed by atoms with Crippen molar-refractivity contribution >= 4 is 5.91 Å². The van der Waals surface area contributed by atoms with E-state index in [1.807, 2.05) is 49.1 Å². The number of piperazine rings is 1. The zero-order valence-corrected chi connectivity index (χ0v) is 14.2. The lowest BCUT2D eigenvalue weighted by Gasteiger charge is -2.41. The molecule has 0 radical (unpaired) electrons. The van der Waals surface area contributed by atoms with E-state index in [4.69, 9.17) is 0 Å². The molecule has 1 amide bonds. The summed E-state index contributed by atoms with van der Waals surface area (Å²) in [4.78, 5) is 17.3. The van der Waals surface area contributed by atoms with Gasteiger partial charge in [-0.25, -0.2) is 0 Å². The summed E-state index contributed by atoms with van der Waals surface area (Å²) in [6.07, 6.45) is 2.94. The molecule has 4 heteroatoms. The molecule has 1 N–H and O–H groups in total. The summed E-state index contributed by atoms with van der Waals surface area (Å²) in [6.45, 7) is 7.29. The number of hydrogen-bond acceptors (Lipinski definition) is 3. The van der Waals surface area contributed by atoms with Crippen LogP contribution in [0.25, 0.3) is 0 Å². The molecule has 0 bridgehead atoms. The van der Waals surface area contributed by atoms with E-state index in [1.54, 1.807) is 0 Å². The number of nitrogens with zero attached hydrogens (tertiary/aromatic N) is 2. The highest BCUT2D eigenvalue weighted by Crippen LogP contribution is 2.28. The summed E-state index contributed by atoms with van der Waals surface area (Å²) in [7, 11) is 0. The predicted octanol–water partition coefficient (Wildman–Crippen LogP) is 2.02. The first kappa shape index (κ1) is 16.5. The van der Waals surface area contributed by atoms with Crippen LogP contribution >= 0.6 is 0 Å². The molecule has 126 valence electrons. The van der Waals surface area contributed by atoms with E-state index in [0.717, 1.165) is 51.0 Å². The minimum Gasteiger partial charge on any atom is -0.391 e. The van der Waals surface area contributed by atoms with Crippen LogP contribution in [0, 0.1) is 0 Å². The van der Waals surface area contributed by atoms with Gasteiger partial charge in [0.05, 0.1) is 11.5 Å². The minimum atomic E-state index is -0.490. The van der Waals surface area contributed by atoms with Crippen LogP contribution in [0.5, 0.6) is 0 Å². The van der Waals surface area contributed by atoms with Gasteiger partial charge in [-0.2, -0.15) is 0 Å². The number of aliphatic hydroxyl groups is 1. The zero-order valence-electron chi connectivity index (χ0n) is 14.2. The second kappa shape index (κ2) is 6.62. The van der Waals surface area contributed by atoms with Crippen LogP contribution in [0.1, 0.15) is 38.7 Å². The summed E-state index contributed by atoms with van der Waals surface area (Å²) in [5, 5.41) is 10.1. The van der Waals surface area contributed by atoms with Gasteiger partial charge in [-0.05, 0) is 38.7 Å². The molecule has 1 heterocycles. The van der Waals surface area contributed by atoms with Crippen LogP contribution in [0.4, 0.5) is 0 Å². The third kappa shape index (κ3) is 3.29. The molecule has 0 aromatic heterocycles. The molecule has 23 heavy (non-hydrogen) atoms. The normalized spacial score (nSPS) is 26.5. The summed E-state index contributed by atoms with van der Waals surface area (Å²) in [5.74, 6) is 0.204. The van der Waals surface area contributed by atoms with Crippen molar-refractivity contribution < 1.29 is 9.90 Å². The second-order valence-electron chi connectivity index (χ2n) is 7.38.